The van der Waals surface area contributed by atoms with Crippen molar-refractivity contribution in [2.45, 2.75) is 59.1 Å². The third kappa shape index (κ3) is 4.12. The highest BCUT2D eigenvalue weighted by molar-refractivity contribution is 6.31. The van der Waals surface area contributed by atoms with Crippen LogP contribution in [0, 0.1) is 41.4 Å². The Balaban J connectivity index is 1.76. The third-order valence-corrected chi connectivity index (χ3v) is 8.80. The Morgan fingerprint density at radius 1 is 1.16 bits per heavy atom. The van der Waals surface area contributed by atoms with Crippen LogP contribution in [-0.2, 0) is 32.1 Å². The van der Waals surface area contributed by atoms with Gasteiger partial charge in [-0.05, 0) is 54.3 Å². The number of benzene rings is 1. The summed E-state index contributed by atoms with van der Waals surface area (Å²) < 4.78 is 0. The molecule has 37 heavy (non-hydrogen) atoms. The molecule has 3 unspecified atom stereocenters. The van der Waals surface area contributed by atoms with Gasteiger partial charge in [-0.15, -0.1) is 0 Å². The summed E-state index contributed by atoms with van der Waals surface area (Å²) >= 11 is 0. The fourth-order valence-electron chi connectivity index (χ4n) is 6.68. The second-order valence-electron chi connectivity index (χ2n) is 11.4. The van der Waals surface area contributed by atoms with Crippen molar-refractivity contribution in [2.24, 2.45) is 47.2 Å². The number of aromatic hydroxyl groups is 1. The molecule has 0 radical (unpaired) electrons. The van der Waals surface area contributed by atoms with Crippen molar-refractivity contribution < 1.29 is 34.2 Å². The number of carbonyl (C=O) groups excluding carboxylic acids is 5. The van der Waals surface area contributed by atoms with Gasteiger partial charge >= 0.3 is 0 Å². The van der Waals surface area contributed by atoms with E-state index in [9.17, 15) is 34.2 Å². The summed E-state index contributed by atoms with van der Waals surface area (Å²) in [5.74, 6) is -10.8. The summed E-state index contributed by atoms with van der Waals surface area (Å²) in [7, 11) is 0. The lowest BCUT2D eigenvalue weighted by Gasteiger charge is -2.52. The van der Waals surface area contributed by atoms with Crippen LogP contribution >= 0.6 is 0 Å². The van der Waals surface area contributed by atoms with Crippen LogP contribution in [0.15, 0.2) is 12.1 Å². The van der Waals surface area contributed by atoms with Crippen molar-refractivity contribution in [1.82, 2.24) is 5.32 Å². The highest BCUT2D eigenvalue weighted by Crippen LogP contribution is 2.53. The van der Waals surface area contributed by atoms with Crippen LogP contribution in [0.5, 0.6) is 5.75 Å². The van der Waals surface area contributed by atoms with Gasteiger partial charge in [-0.1, -0.05) is 40.2 Å². The summed E-state index contributed by atoms with van der Waals surface area (Å²) in [6, 6.07) is 3.18. The molecule has 9 nitrogen and oxygen atoms in total. The van der Waals surface area contributed by atoms with Gasteiger partial charge in [-0.25, -0.2) is 0 Å². The zero-order valence-electron chi connectivity index (χ0n) is 21.7. The number of rotatable bonds is 7. The van der Waals surface area contributed by atoms with Gasteiger partial charge in [-0.3, -0.25) is 24.0 Å². The van der Waals surface area contributed by atoms with E-state index in [0.717, 1.165) is 18.5 Å². The Hall–Kier alpha value is -2.91. The third-order valence-electron chi connectivity index (χ3n) is 8.80. The van der Waals surface area contributed by atoms with E-state index >= 15 is 0 Å². The molecule has 0 aromatic heterocycles. The van der Waals surface area contributed by atoms with E-state index in [-0.39, 0.29) is 30.1 Å². The van der Waals surface area contributed by atoms with Crippen LogP contribution in [0.2, 0.25) is 0 Å². The number of ketones is 4. The average molecular weight is 513 g/mol. The maximum absolute atomic E-state index is 13.8. The first kappa shape index (κ1) is 27.1. The van der Waals surface area contributed by atoms with Gasteiger partial charge in [0.25, 0.3) is 0 Å². The molecular weight excluding hydrogens is 476 g/mol. The molecule has 1 aromatic carbocycles. The molecule has 0 bridgehead atoms. The van der Waals surface area contributed by atoms with Gasteiger partial charge in [0.1, 0.15) is 5.75 Å². The summed E-state index contributed by atoms with van der Waals surface area (Å²) in [4.78, 5) is 66.1. The number of fused-ring (bicyclic) bond motifs is 3. The number of hydrogen-bond acceptors (Lipinski definition) is 8. The standard InChI is InChI=1S/C28H36N2O7/c1-5-13(4)10-30-11-14-6-7-18(31)21-16(14)8-15-9-17-19(12(2)3)23(32)22(27(29)36)26(35)28(17,37)25(34)20(15)24(21)33/h6-7,12-13,15,17,19-20,22,30-31,37H,5,8-11H2,1-4H3,(H2,29,36)/t13?,15-,17-,19-,20?,22?,28-/m0/s1. The van der Waals surface area contributed by atoms with E-state index in [0.29, 0.717) is 18.0 Å². The second kappa shape index (κ2) is 9.76. The lowest BCUT2D eigenvalue weighted by atomic mass is 9.49. The van der Waals surface area contributed by atoms with Gasteiger partial charge in [0.2, 0.25) is 5.91 Å². The van der Waals surface area contributed by atoms with E-state index < -0.39 is 64.2 Å². The number of phenols is 1. The van der Waals surface area contributed by atoms with Crippen molar-refractivity contribution in [3.63, 3.8) is 0 Å². The molecule has 0 saturated heterocycles. The minimum Gasteiger partial charge on any atom is -0.507 e. The van der Waals surface area contributed by atoms with Crippen molar-refractivity contribution in [3.8, 4) is 5.75 Å². The summed E-state index contributed by atoms with van der Waals surface area (Å²) in [5.41, 5.74) is 4.20. The van der Waals surface area contributed by atoms with Gasteiger partial charge < -0.3 is 21.3 Å². The number of hydrogen-bond donors (Lipinski definition) is 4. The van der Waals surface area contributed by atoms with Gasteiger partial charge in [0.05, 0.1) is 11.5 Å². The number of aliphatic hydroxyl groups is 1. The molecule has 2 saturated carbocycles. The van der Waals surface area contributed by atoms with Crippen LogP contribution in [-0.4, -0.2) is 51.4 Å². The molecule has 0 aliphatic heterocycles. The number of amides is 1. The summed E-state index contributed by atoms with van der Waals surface area (Å²) in [6.45, 7) is 8.95. The molecular formula is C28H36N2O7. The minimum absolute atomic E-state index is 0.0330. The largest absolute Gasteiger partial charge is 0.507 e. The van der Waals surface area contributed by atoms with Crippen LogP contribution < -0.4 is 11.1 Å². The fourth-order valence-corrected chi connectivity index (χ4v) is 6.68. The molecule has 3 aliphatic carbocycles. The first-order chi connectivity index (χ1) is 17.4. The average Bonchev–Trinajstić information content (AvgIpc) is 2.82. The molecule has 5 N–H and O–H groups in total. The number of Topliss-reactive ketones (excluding diaryl/α,β-unsaturated/α-hetero) is 4. The van der Waals surface area contributed by atoms with E-state index in [1.807, 2.05) is 0 Å². The zero-order chi connectivity index (χ0) is 27.4. The Bertz CT molecular complexity index is 1180. The molecule has 1 aromatic rings. The van der Waals surface area contributed by atoms with Crippen molar-refractivity contribution >= 4 is 29.0 Å². The van der Waals surface area contributed by atoms with Gasteiger partial charge in [0.15, 0.2) is 34.7 Å². The van der Waals surface area contributed by atoms with Crippen LogP contribution in [0.25, 0.3) is 0 Å². The number of phenolic OH excluding ortho intramolecular Hbond substituents is 1. The molecule has 9 heteroatoms. The zero-order valence-corrected chi connectivity index (χ0v) is 21.7. The van der Waals surface area contributed by atoms with Gasteiger partial charge in [-0.2, -0.15) is 0 Å². The van der Waals surface area contributed by atoms with Crippen molar-refractivity contribution in [3.05, 3.63) is 28.8 Å². The molecule has 7 atom stereocenters. The highest BCUT2D eigenvalue weighted by Gasteiger charge is 2.69. The summed E-state index contributed by atoms with van der Waals surface area (Å²) in [5, 5.41) is 25.6. The topological polar surface area (TPSA) is 164 Å². The molecule has 0 heterocycles. The minimum atomic E-state index is -2.66. The van der Waals surface area contributed by atoms with E-state index in [4.69, 9.17) is 5.73 Å². The first-order valence-electron chi connectivity index (χ1n) is 13.1. The molecule has 1 amide bonds. The van der Waals surface area contributed by atoms with Crippen molar-refractivity contribution in [1.29, 1.82) is 0 Å². The predicted octanol–water partition coefficient (Wildman–Crippen LogP) is 1.34. The van der Waals surface area contributed by atoms with Crippen molar-refractivity contribution in [2.75, 3.05) is 6.54 Å². The van der Waals surface area contributed by atoms with Crippen LogP contribution in [0.4, 0.5) is 0 Å². The maximum Gasteiger partial charge on any atom is 0.235 e. The molecule has 3 aliphatic rings. The SMILES string of the molecule is CCC(C)CNCc1ccc(O)c2c1C[C@H]1C[C@H]3[C@H](C(C)C)C(=O)C(C(N)=O)C(=O)[C@@]3(O)C(=O)C1C2=O. The number of primary amides is 1. The first-order valence-corrected chi connectivity index (χ1v) is 13.1. The lowest BCUT2D eigenvalue weighted by Crippen LogP contribution is -2.71. The highest BCUT2D eigenvalue weighted by atomic mass is 16.3. The lowest BCUT2D eigenvalue weighted by molar-refractivity contribution is -0.182. The second-order valence-corrected chi connectivity index (χ2v) is 11.4. The maximum atomic E-state index is 13.8. The van der Waals surface area contributed by atoms with Crippen LogP contribution in [0.1, 0.15) is 62.0 Å². The molecule has 0 spiro atoms. The number of nitrogens with two attached hydrogens (primary N) is 1. The predicted molar refractivity (Wildman–Crippen MR) is 133 cm³/mol. The number of nitrogens with one attached hydrogen (secondary N) is 1. The summed E-state index contributed by atoms with van der Waals surface area (Å²) in [6.07, 6.45) is 1.38. The van der Waals surface area contributed by atoms with E-state index in [1.165, 1.54) is 6.07 Å². The number of carbonyl (C=O) groups is 5. The molecule has 2 fully saturated rings. The smallest absolute Gasteiger partial charge is 0.235 e. The Morgan fingerprint density at radius 3 is 2.43 bits per heavy atom. The molecule has 200 valence electrons. The monoisotopic (exact) mass is 512 g/mol. The Morgan fingerprint density at radius 2 is 1.84 bits per heavy atom. The fraction of sp³-hybridized carbons (Fsp3) is 0.607. The molecule has 4 rings (SSSR count). The van der Waals surface area contributed by atoms with E-state index in [2.05, 4.69) is 19.2 Å². The van der Waals surface area contributed by atoms with E-state index in [1.54, 1.807) is 19.9 Å². The quantitative estimate of drug-likeness (QED) is 0.398. The normalized spacial score (nSPS) is 32.1. The van der Waals surface area contributed by atoms with Crippen LogP contribution in [0.3, 0.4) is 0 Å². The Kier molecular flexibility index (Phi) is 7.16. The Labute approximate surface area is 216 Å². The van der Waals surface area contributed by atoms with Gasteiger partial charge in [0, 0.05) is 18.4 Å².